The number of benzene rings is 3. The predicted molar refractivity (Wildman–Crippen MR) is 153 cm³/mol. The molecule has 2 saturated heterocycles. The molecule has 0 N–H and O–H groups in total. The lowest BCUT2D eigenvalue weighted by molar-refractivity contribution is -0.125. The van der Waals surface area contributed by atoms with Gasteiger partial charge in [0.05, 0.1) is 18.6 Å². The molecule has 210 valence electrons. The number of fused-ring (bicyclic) bond motifs is 1. The first kappa shape index (κ1) is 26.6. The van der Waals surface area contributed by atoms with Crippen LogP contribution in [0.25, 0.3) is 10.8 Å². The smallest absolute Gasteiger partial charge is 0.410 e. The van der Waals surface area contributed by atoms with Crippen LogP contribution < -0.4 is 0 Å². The number of nitrogens with zero attached hydrogens (tertiary/aromatic N) is 5. The number of carbonyl (C=O) groups excluding carboxylic acids is 3. The van der Waals surface area contributed by atoms with E-state index in [-0.39, 0.29) is 37.7 Å². The molecular weight excluding hydrogens is 518 g/mol. The lowest BCUT2D eigenvalue weighted by atomic mass is 9.97. The number of carbonyl (C=O) groups is 3. The fourth-order valence-corrected chi connectivity index (χ4v) is 5.70. The number of amides is 4. The molecule has 0 aliphatic carbocycles. The molecule has 0 radical (unpaired) electrons. The highest BCUT2D eigenvalue weighted by molar-refractivity contribution is 6.02. The van der Waals surface area contributed by atoms with Crippen LogP contribution in [0.4, 0.5) is 9.59 Å². The highest BCUT2D eigenvalue weighted by Gasteiger charge is 2.36. The van der Waals surface area contributed by atoms with E-state index in [1.807, 2.05) is 77.4 Å². The van der Waals surface area contributed by atoms with Crippen molar-refractivity contribution in [3.05, 3.63) is 102 Å². The van der Waals surface area contributed by atoms with Gasteiger partial charge in [0.15, 0.2) is 0 Å². The molecule has 0 bridgehead atoms. The minimum Gasteiger partial charge on any atom is -0.445 e. The van der Waals surface area contributed by atoms with Gasteiger partial charge in [-0.2, -0.15) is 0 Å². The van der Waals surface area contributed by atoms with Crippen LogP contribution in [0.15, 0.2) is 85.3 Å². The maximum atomic E-state index is 13.3. The number of imide groups is 1. The van der Waals surface area contributed by atoms with Gasteiger partial charge in [-0.3, -0.25) is 9.69 Å². The molecule has 0 atom stereocenters. The summed E-state index contributed by atoms with van der Waals surface area (Å²) < 4.78 is 7.52. The zero-order chi connectivity index (χ0) is 28.2. The van der Waals surface area contributed by atoms with Crippen molar-refractivity contribution in [2.45, 2.75) is 39.1 Å². The van der Waals surface area contributed by atoms with Gasteiger partial charge >= 0.3 is 12.1 Å². The van der Waals surface area contributed by atoms with Crippen molar-refractivity contribution in [3.8, 4) is 0 Å². The average Bonchev–Trinajstić information content (AvgIpc) is 3.55. The second-order valence-electron chi connectivity index (χ2n) is 10.8. The summed E-state index contributed by atoms with van der Waals surface area (Å²) in [6.07, 6.45) is 4.89. The molecule has 9 nitrogen and oxygen atoms in total. The Morgan fingerprint density at radius 2 is 1.66 bits per heavy atom. The molecule has 6 rings (SSSR count). The second kappa shape index (κ2) is 11.8. The fraction of sp³-hybridized carbons (Fsp3) is 0.312. The van der Waals surface area contributed by atoms with Crippen molar-refractivity contribution in [3.63, 3.8) is 0 Å². The molecule has 2 aliphatic rings. The standard InChI is InChI=1S/C32H33N5O4/c38-30-21-35(19-27-11-6-10-26-9-4-5-12-29(26)27)31(39)37(30)20-28-17-33-23-36(28)18-24-13-15-34(16-14-24)32(40)41-22-25-7-2-1-3-8-25/h1-12,17,23-24H,13-16,18-22H2. The summed E-state index contributed by atoms with van der Waals surface area (Å²) in [6, 6.07) is 23.5. The number of rotatable bonds is 8. The number of ether oxygens (including phenoxy) is 1. The predicted octanol–water partition coefficient (Wildman–Crippen LogP) is 5.05. The Labute approximate surface area is 238 Å². The molecule has 4 aromatic rings. The van der Waals surface area contributed by atoms with Crippen LogP contribution >= 0.6 is 0 Å². The quantitative estimate of drug-likeness (QED) is 0.286. The van der Waals surface area contributed by atoms with Crippen molar-refractivity contribution >= 4 is 28.8 Å². The maximum absolute atomic E-state index is 13.3. The SMILES string of the molecule is O=C(OCc1ccccc1)N1CCC(Cn2cncc2CN2C(=O)CN(Cc3cccc4ccccc34)C2=O)CC1. The number of aromatic nitrogens is 2. The third-order valence-electron chi connectivity index (χ3n) is 8.02. The van der Waals surface area contributed by atoms with E-state index in [2.05, 4.69) is 4.98 Å². The number of hydrogen-bond acceptors (Lipinski definition) is 5. The first-order valence-electron chi connectivity index (χ1n) is 14.1. The van der Waals surface area contributed by atoms with Crippen LogP contribution in [0.5, 0.6) is 0 Å². The fourth-order valence-electron chi connectivity index (χ4n) is 5.70. The zero-order valence-corrected chi connectivity index (χ0v) is 22.9. The van der Waals surface area contributed by atoms with E-state index in [9.17, 15) is 14.4 Å². The van der Waals surface area contributed by atoms with E-state index in [1.165, 1.54) is 4.90 Å². The van der Waals surface area contributed by atoms with E-state index in [1.54, 1.807) is 22.3 Å². The van der Waals surface area contributed by atoms with Gasteiger partial charge < -0.3 is 19.1 Å². The lowest BCUT2D eigenvalue weighted by Crippen LogP contribution is -2.39. The minimum absolute atomic E-state index is 0.0645. The Balaban J connectivity index is 1.02. The van der Waals surface area contributed by atoms with Gasteiger partial charge in [0.1, 0.15) is 13.2 Å². The van der Waals surface area contributed by atoms with Gasteiger partial charge in [-0.15, -0.1) is 0 Å². The molecule has 3 heterocycles. The number of piperidine rings is 1. The van der Waals surface area contributed by atoms with E-state index < -0.39 is 0 Å². The number of imidazole rings is 1. The molecule has 3 aromatic carbocycles. The second-order valence-corrected chi connectivity index (χ2v) is 10.8. The molecular formula is C32H33N5O4. The topological polar surface area (TPSA) is 88.0 Å². The third-order valence-corrected chi connectivity index (χ3v) is 8.02. The van der Waals surface area contributed by atoms with Crippen molar-refractivity contribution < 1.29 is 19.1 Å². The van der Waals surface area contributed by atoms with Gasteiger partial charge in [-0.25, -0.2) is 14.6 Å². The molecule has 2 fully saturated rings. The summed E-state index contributed by atoms with van der Waals surface area (Å²) in [7, 11) is 0. The molecule has 2 aliphatic heterocycles. The van der Waals surface area contributed by atoms with Crippen LogP contribution in [0.1, 0.15) is 29.7 Å². The molecule has 0 unspecified atom stereocenters. The lowest BCUT2D eigenvalue weighted by Gasteiger charge is -2.31. The van der Waals surface area contributed by atoms with Crippen molar-refractivity contribution in [1.29, 1.82) is 0 Å². The van der Waals surface area contributed by atoms with E-state index >= 15 is 0 Å². The number of likely N-dealkylation sites (tertiary alicyclic amines) is 1. The van der Waals surface area contributed by atoms with Gasteiger partial charge in [-0.05, 0) is 40.7 Å². The van der Waals surface area contributed by atoms with Crippen LogP contribution in [-0.2, 0) is 35.8 Å². The Bertz CT molecular complexity index is 1540. The first-order chi connectivity index (χ1) is 20.0. The normalized spacial score (nSPS) is 16.1. The Kier molecular flexibility index (Phi) is 7.67. The third kappa shape index (κ3) is 5.94. The number of hydrogen-bond donors (Lipinski definition) is 0. The summed E-state index contributed by atoms with van der Waals surface area (Å²) in [6.45, 7) is 2.89. The largest absolute Gasteiger partial charge is 0.445 e. The Morgan fingerprint density at radius 1 is 0.902 bits per heavy atom. The van der Waals surface area contributed by atoms with Crippen LogP contribution in [0, 0.1) is 5.92 Å². The molecule has 1 aromatic heterocycles. The first-order valence-corrected chi connectivity index (χ1v) is 14.1. The molecule has 9 heteroatoms. The highest BCUT2D eigenvalue weighted by Crippen LogP contribution is 2.25. The summed E-state index contributed by atoms with van der Waals surface area (Å²) in [5, 5.41) is 2.20. The van der Waals surface area contributed by atoms with E-state index in [0.717, 1.165) is 47.0 Å². The average molecular weight is 552 g/mol. The summed E-state index contributed by atoms with van der Waals surface area (Å²) in [4.78, 5) is 47.7. The zero-order valence-electron chi connectivity index (χ0n) is 22.9. The Hall–Kier alpha value is -4.66. The van der Waals surface area contributed by atoms with Crippen LogP contribution in [-0.4, -0.2) is 61.9 Å². The highest BCUT2D eigenvalue weighted by atomic mass is 16.6. The van der Waals surface area contributed by atoms with Crippen molar-refractivity contribution in [2.24, 2.45) is 5.92 Å². The summed E-state index contributed by atoms with van der Waals surface area (Å²) >= 11 is 0. The minimum atomic E-state index is -0.283. The maximum Gasteiger partial charge on any atom is 0.410 e. The van der Waals surface area contributed by atoms with E-state index in [0.29, 0.717) is 25.6 Å². The molecule has 41 heavy (non-hydrogen) atoms. The Morgan fingerprint density at radius 3 is 2.49 bits per heavy atom. The van der Waals surface area contributed by atoms with Gasteiger partial charge in [0, 0.05) is 32.4 Å². The molecule has 0 saturated carbocycles. The van der Waals surface area contributed by atoms with Gasteiger partial charge in [0.25, 0.3) is 5.91 Å². The number of urea groups is 1. The monoisotopic (exact) mass is 551 g/mol. The molecule has 4 amide bonds. The molecule has 0 spiro atoms. The summed E-state index contributed by atoms with van der Waals surface area (Å²) in [5.74, 6) is 0.152. The van der Waals surface area contributed by atoms with Crippen LogP contribution in [0.2, 0.25) is 0 Å². The van der Waals surface area contributed by atoms with Crippen molar-refractivity contribution in [2.75, 3.05) is 19.6 Å². The van der Waals surface area contributed by atoms with Gasteiger partial charge in [0.2, 0.25) is 0 Å². The van der Waals surface area contributed by atoms with Crippen LogP contribution in [0.3, 0.4) is 0 Å². The van der Waals surface area contributed by atoms with Crippen molar-refractivity contribution in [1.82, 2.24) is 24.3 Å². The summed E-state index contributed by atoms with van der Waals surface area (Å²) in [5.41, 5.74) is 2.81. The van der Waals surface area contributed by atoms with E-state index in [4.69, 9.17) is 4.74 Å². The van der Waals surface area contributed by atoms with Gasteiger partial charge in [-0.1, -0.05) is 72.8 Å².